The first-order valence-corrected chi connectivity index (χ1v) is 8.42. The number of alkyl carbamates (subject to hydrolysis) is 1. The number of rotatable bonds is 5. The zero-order valence-corrected chi connectivity index (χ0v) is 14.5. The number of carbonyl (C=O) groups is 1. The van der Waals surface area contributed by atoms with Gasteiger partial charge in [0, 0.05) is 26.2 Å². The second kappa shape index (κ2) is 6.11. The largest absolute Gasteiger partial charge is 0.444 e. The molecule has 1 aromatic heterocycles. The first kappa shape index (κ1) is 16.2. The molecule has 1 aromatic rings. The van der Waals surface area contributed by atoms with Crippen molar-refractivity contribution in [2.45, 2.75) is 64.8 Å². The van der Waals surface area contributed by atoms with E-state index in [1.165, 1.54) is 19.3 Å². The van der Waals surface area contributed by atoms with E-state index in [4.69, 9.17) is 4.74 Å². The van der Waals surface area contributed by atoms with Crippen molar-refractivity contribution in [1.82, 2.24) is 25.2 Å². The number of hydrogen-bond donors (Lipinski definition) is 1. The Morgan fingerprint density at radius 3 is 2.65 bits per heavy atom. The number of ether oxygens (including phenoxy) is 1. The Kier molecular flexibility index (Phi) is 4.31. The molecule has 128 valence electrons. The van der Waals surface area contributed by atoms with Crippen molar-refractivity contribution in [3.05, 3.63) is 11.4 Å². The van der Waals surface area contributed by atoms with Gasteiger partial charge in [0.1, 0.15) is 11.3 Å². The molecule has 2 aliphatic rings. The lowest BCUT2D eigenvalue weighted by Crippen LogP contribution is -2.48. The molecule has 1 atom stereocenters. The van der Waals surface area contributed by atoms with Crippen molar-refractivity contribution in [3.8, 4) is 0 Å². The van der Waals surface area contributed by atoms with Crippen LogP contribution in [-0.4, -0.2) is 44.2 Å². The minimum absolute atomic E-state index is 0.347. The molecule has 1 unspecified atom stereocenters. The predicted octanol–water partition coefficient (Wildman–Crippen LogP) is 1.82. The summed E-state index contributed by atoms with van der Waals surface area (Å²) in [6.45, 7) is 7.90. The number of nitrogens with zero attached hydrogens (tertiary/aromatic N) is 4. The van der Waals surface area contributed by atoms with E-state index in [0.29, 0.717) is 6.54 Å². The molecule has 7 nitrogen and oxygen atoms in total. The van der Waals surface area contributed by atoms with Crippen LogP contribution in [-0.2, 0) is 24.9 Å². The molecular weight excluding hydrogens is 294 g/mol. The third-order valence-corrected chi connectivity index (χ3v) is 4.52. The topological polar surface area (TPSA) is 72.3 Å². The molecule has 1 saturated carbocycles. The van der Waals surface area contributed by atoms with Gasteiger partial charge >= 0.3 is 6.09 Å². The number of nitrogens with one attached hydrogen (secondary N) is 1. The molecule has 0 aromatic carbocycles. The summed E-state index contributed by atoms with van der Waals surface area (Å²) in [4.78, 5) is 14.3. The Bertz CT molecular complexity index is 574. The molecule has 1 aliphatic heterocycles. The van der Waals surface area contributed by atoms with Crippen molar-refractivity contribution in [2.75, 3.05) is 6.54 Å². The van der Waals surface area contributed by atoms with Crippen LogP contribution < -0.4 is 5.32 Å². The van der Waals surface area contributed by atoms with Gasteiger partial charge in [-0.05, 0) is 46.0 Å². The van der Waals surface area contributed by atoms with Gasteiger partial charge in [-0.25, -0.2) is 4.79 Å². The van der Waals surface area contributed by atoms with Gasteiger partial charge in [0.15, 0.2) is 0 Å². The first-order valence-electron chi connectivity index (χ1n) is 8.42. The Hall–Kier alpha value is -1.63. The minimum Gasteiger partial charge on any atom is -0.444 e. The maximum absolute atomic E-state index is 11.8. The lowest BCUT2D eigenvalue weighted by Gasteiger charge is -2.41. The van der Waals surface area contributed by atoms with Crippen molar-refractivity contribution in [2.24, 2.45) is 13.0 Å². The molecule has 0 radical (unpaired) electrons. The molecule has 0 spiro atoms. The van der Waals surface area contributed by atoms with E-state index in [0.717, 1.165) is 36.4 Å². The minimum atomic E-state index is -0.496. The van der Waals surface area contributed by atoms with Gasteiger partial charge in [0.05, 0.1) is 12.2 Å². The summed E-state index contributed by atoms with van der Waals surface area (Å²) >= 11 is 0. The van der Waals surface area contributed by atoms with E-state index in [1.807, 2.05) is 32.5 Å². The second-order valence-electron chi connectivity index (χ2n) is 7.63. The van der Waals surface area contributed by atoms with Crippen LogP contribution in [0.1, 0.15) is 51.4 Å². The Balaban J connectivity index is 1.57. The standard InChI is InChI=1S/C16H27N5O2/c1-16(2,3)23-15(22)17-9-12-14(20(4)19-18-12)10-21-8-7-13(21)11-5-6-11/h11,13H,5-10H2,1-4H3,(H,17,22). The predicted molar refractivity (Wildman–Crippen MR) is 85.6 cm³/mol. The SMILES string of the molecule is Cn1nnc(CNC(=O)OC(C)(C)C)c1CN1CCC1C1CC1. The fourth-order valence-corrected chi connectivity index (χ4v) is 3.08. The summed E-state index contributed by atoms with van der Waals surface area (Å²) in [5.74, 6) is 0.897. The highest BCUT2D eigenvalue weighted by Gasteiger charge is 2.40. The monoisotopic (exact) mass is 321 g/mol. The Labute approximate surface area is 137 Å². The number of likely N-dealkylation sites (tertiary alicyclic amines) is 1. The van der Waals surface area contributed by atoms with Crippen molar-refractivity contribution < 1.29 is 9.53 Å². The van der Waals surface area contributed by atoms with E-state index in [9.17, 15) is 4.79 Å². The molecule has 1 aliphatic carbocycles. The molecule has 1 N–H and O–H groups in total. The smallest absolute Gasteiger partial charge is 0.407 e. The number of hydrogen-bond acceptors (Lipinski definition) is 5. The lowest BCUT2D eigenvalue weighted by molar-refractivity contribution is 0.0520. The second-order valence-corrected chi connectivity index (χ2v) is 7.63. The van der Waals surface area contributed by atoms with Crippen LogP contribution in [0.3, 0.4) is 0 Å². The van der Waals surface area contributed by atoms with Gasteiger partial charge in [-0.3, -0.25) is 9.58 Å². The summed E-state index contributed by atoms with van der Waals surface area (Å²) in [5.41, 5.74) is 1.40. The lowest BCUT2D eigenvalue weighted by atomic mass is 9.98. The Morgan fingerprint density at radius 2 is 2.09 bits per heavy atom. The third-order valence-electron chi connectivity index (χ3n) is 4.52. The molecule has 1 amide bonds. The van der Waals surface area contributed by atoms with E-state index in [-0.39, 0.29) is 0 Å². The van der Waals surface area contributed by atoms with E-state index >= 15 is 0 Å². The molecular formula is C16H27N5O2. The highest BCUT2D eigenvalue weighted by atomic mass is 16.6. The molecule has 1 saturated heterocycles. The number of aromatic nitrogens is 3. The van der Waals surface area contributed by atoms with E-state index < -0.39 is 11.7 Å². The van der Waals surface area contributed by atoms with Crippen LogP contribution in [0.2, 0.25) is 0 Å². The number of carbonyl (C=O) groups excluding carboxylic acids is 1. The van der Waals surface area contributed by atoms with Gasteiger partial charge in [-0.2, -0.15) is 0 Å². The third kappa shape index (κ3) is 4.02. The van der Waals surface area contributed by atoms with Gasteiger partial charge in [0.2, 0.25) is 0 Å². The summed E-state index contributed by atoms with van der Waals surface area (Å²) in [7, 11) is 1.91. The molecule has 2 heterocycles. The van der Waals surface area contributed by atoms with Crippen LogP contribution in [0.5, 0.6) is 0 Å². The van der Waals surface area contributed by atoms with Crippen molar-refractivity contribution in [3.63, 3.8) is 0 Å². The summed E-state index contributed by atoms with van der Waals surface area (Å²) in [5, 5.41) is 11.1. The van der Waals surface area contributed by atoms with Gasteiger partial charge in [0.25, 0.3) is 0 Å². The normalized spacial score (nSPS) is 21.8. The van der Waals surface area contributed by atoms with Crippen molar-refractivity contribution in [1.29, 1.82) is 0 Å². The first-order chi connectivity index (χ1) is 10.8. The zero-order chi connectivity index (χ0) is 16.6. The Morgan fingerprint density at radius 1 is 1.35 bits per heavy atom. The van der Waals surface area contributed by atoms with Crippen molar-refractivity contribution >= 4 is 6.09 Å². The average Bonchev–Trinajstić information content (AvgIpc) is 3.15. The van der Waals surface area contributed by atoms with E-state index in [1.54, 1.807) is 0 Å². The molecule has 3 rings (SSSR count). The maximum atomic E-state index is 11.8. The summed E-state index contributed by atoms with van der Waals surface area (Å²) in [6, 6.07) is 0.733. The highest BCUT2D eigenvalue weighted by molar-refractivity contribution is 5.67. The van der Waals surface area contributed by atoms with Gasteiger partial charge in [-0.15, -0.1) is 5.10 Å². The van der Waals surface area contributed by atoms with Crippen LogP contribution in [0.4, 0.5) is 4.79 Å². The summed E-state index contributed by atoms with van der Waals surface area (Å²) in [6.07, 6.45) is 3.63. The van der Waals surface area contributed by atoms with Crippen LogP contribution in [0.25, 0.3) is 0 Å². The quantitative estimate of drug-likeness (QED) is 0.895. The van der Waals surface area contributed by atoms with Crippen LogP contribution >= 0.6 is 0 Å². The molecule has 23 heavy (non-hydrogen) atoms. The van der Waals surface area contributed by atoms with Gasteiger partial charge < -0.3 is 10.1 Å². The van der Waals surface area contributed by atoms with Crippen LogP contribution in [0.15, 0.2) is 0 Å². The zero-order valence-electron chi connectivity index (χ0n) is 14.5. The van der Waals surface area contributed by atoms with Gasteiger partial charge in [-0.1, -0.05) is 5.21 Å². The highest BCUT2D eigenvalue weighted by Crippen LogP contribution is 2.41. The number of aryl methyl sites for hydroxylation is 1. The average molecular weight is 321 g/mol. The fraction of sp³-hybridized carbons (Fsp3) is 0.812. The van der Waals surface area contributed by atoms with E-state index in [2.05, 4.69) is 20.5 Å². The number of amides is 1. The molecule has 0 bridgehead atoms. The van der Waals surface area contributed by atoms with Crippen LogP contribution in [0, 0.1) is 5.92 Å². The summed E-state index contributed by atoms with van der Waals surface area (Å²) < 4.78 is 7.07. The molecule has 7 heteroatoms. The fourth-order valence-electron chi connectivity index (χ4n) is 3.08. The molecule has 2 fully saturated rings. The maximum Gasteiger partial charge on any atom is 0.407 e.